The van der Waals surface area contributed by atoms with Crippen molar-refractivity contribution in [2.45, 2.75) is 64.1 Å². The van der Waals surface area contributed by atoms with Crippen molar-refractivity contribution in [2.24, 2.45) is 7.05 Å². The van der Waals surface area contributed by atoms with Crippen LogP contribution in [0, 0.1) is 0 Å². The van der Waals surface area contributed by atoms with Crippen molar-refractivity contribution in [2.75, 3.05) is 25.1 Å². The van der Waals surface area contributed by atoms with Crippen molar-refractivity contribution in [1.82, 2.24) is 40.1 Å². The van der Waals surface area contributed by atoms with E-state index in [1.807, 2.05) is 40.1 Å². The Morgan fingerprint density at radius 3 is 2.67 bits per heavy atom. The van der Waals surface area contributed by atoms with Gasteiger partial charge in [0.1, 0.15) is 0 Å². The molecule has 12 nitrogen and oxygen atoms in total. The quantitative estimate of drug-likeness (QED) is 0.347. The zero-order valence-corrected chi connectivity index (χ0v) is 24.5. The molecule has 0 bridgehead atoms. The fourth-order valence-corrected chi connectivity index (χ4v) is 5.54. The Labute approximate surface area is 244 Å². The van der Waals surface area contributed by atoms with Crippen LogP contribution < -0.4 is 10.6 Å². The monoisotopic (exact) mass is 571 g/mol. The number of amides is 1. The summed E-state index contributed by atoms with van der Waals surface area (Å²) in [5, 5.41) is 14.6. The second-order valence-electron chi connectivity index (χ2n) is 12.0. The topological polar surface area (TPSA) is 136 Å². The van der Waals surface area contributed by atoms with E-state index >= 15 is 0 Å². The molecule has 2 aliphatic heterocycles. The minimum atomic E-state index is -0.338. The molecule has 1 saturated heterocycles. The van der Waals surface area contributed by atoms with Gasteiger partial charge in [-0.2, -0.15) is 10.1 Å². The first-order valence-corrected chi connectivity index (χ1v) is 14.4. The summed E-state index contributed by atoms with van der Waals surface area (Å²) in [7, 11) is 1.86. The molecule has 2 N–H and O–H groups in total. The minimum absolute atomic E-state index is 0.0539. The van der Waals surface area contributed by atoms with Crippen molar-refractivity contribution in [1.29, 1.82) is 0 Å². The Balaban J connectivity index is 1.29. The second-order valence-corrected chi connectivity index (χ2v) is 12.0. The number of aromatic nitrogens is 6. The molecule has 0 spiro atoms. The number of aryl methyl sites for hydroxylation is 1. The minimum Gasteiger partial charge on any atom is -0.381 e. The summed E-state index contributed by atoms with van der Waals surface area (Å²) in [6.07, 6.45) is 8.12. The van der Waals surface area contributed by atoms with Crippen LogP contribution in [-0.2, 0) is 23.7 Å². The maximum Gasteiger partial charge on any atom is 0.293 e. The number of ether oxygens (including phenoxy) is 1. The first kappa shape index (κ1) is 28.0. The van der Waals surface area contributed by atoms with E-state index in [-0.39, 0.29) is 23.2 Å². The molecule has 4 aromatic rings. The summed E-state index contributed by atoms with van der Waals surface area (Å²) in [5.41, 5.74) is 4.52. The number of anilines is 2. The molecule has 12 heteroatoms. The number of carbonyl (C=O) groups is 1. The Morgan fingerprint density at radius 2 is 1.93 bits per heavy atom. The molecule has 6 rings (SSSR count). The van der Waals surface area contributed by atoms with Crippen LogP contribution in [0.25, 0.3) is 11.3 Å². The van der Waals surface area contributed by atoms with Crippen LogP contribution >= 0.6 is 0 Å². The summed E-state index contributed by atoms with van der Waals surface area (Å²) < 4.78 is 12.7. The summed E-state index contributed by atoms with van der Waals surface area (Å²) in [4.78, 5) is 29.3. The smallest absolute Gasteiger partial charge is 0.293 e. The highest BCUT2D eigenvalue weighted by molar-refractivity contribution is 5.90. The number of nitrogens with one attached hydrogen (secondary N) is 2. The van der Waals surface area contributed by atoms with E-state index in [2.05, 4.69) is 54.0 Å². The lowest BCUT2D eigenvalue weighted by molar-refractivity contribution is 0.0309. The van der Waals surface area contributed by atoms with E-state index in [4.69, 9.17) is 14.2 Å². The van der Waals surface area contributed by atoms with Crippen molar-refractivity contribution in [3.8, 4) is 11.3 Å². The van der Waals surface area contributed by atoms with Gasteiger partial charge in [-0.3, -0.25) is 14.4 Å². The summed E-state index contributed by atoms with van der Waals surface area (Å²) in [6.45, 7) is 9.10. The van der Waals surface area contributed by atoms with Gasteiger partial charge in [0.2, 0.25) is 11.8 Å². The van der Waals surface area contributed by atoms with Gasteiger partial charge in [0.25, 0.3) is 11.7 Å². The van der Waals surface area contributed by atoms with Crippen molar-refractivity contribution >= 4 is 17.5 Å². The molecule has 2 aliphatic rings. The van der Waals surface area contributed by atoms with Crippen LogP contribution in [0.5, 0.6) is 0 Å². The number of hydrogen-bond donors (Lipinski definition) is 2. The van der Waals surface area contributed by atoms with E-state index in [0.29, 0.717) is 17.9 Å². The molecule has 0 radical (unpaired) electrons. The van der Waals surface area contributed by atoms with E-state index in [1.165, 1.54) is 0 Å². The molecule has 5 heterocycles. The molecule has 42 heavy (non-hydrogen) atoms. The Kier molecular flexibility index (Phi) is 7.74. The predicted molar refractivity (Wildman–Crippen MR) is 156 cm³/mol. The molecule has 0 aliphatic carbocycles. The molecule has 1 unspecified atom stereocenters. The van der Waals surface area contributed by atoms with Gasteiger partial charge in [0.05, 0.1) is 23.6 Å². The third-order valence-electron chi connectivity index (χ3n) is 7.79. The zero-order valence-electron chi connectivity index (χ0n) is 24.5. The number of carbonyl (C=O) groups excluding carboxylic acids is 1. The molecule has 1 amide bonds. The first-order valence-electron chi connectivity index (χ1n) is 14.4. The van der Waals surface area contributed by atoms with Gasteiger partial charge in [-0.25, -0.2) is 9.97 Å². The average molecular weight is 572 g/mol. The fraction of sp³-hybridized carbons (Fsp3) is 0.467. The Hall–Kier alpha value is -4.16. The van der Waals surface area contributed by atoms with E-state index < -0.39 is 0 Å². The van der Waals surface area contributed by atoms with Gasteiger partial charge in [-0.1, -0.05) is 38.1 Å². The predicted octanol–water partition coefficient (Wildman–Crippen LogP) is 4.16. The largest absolute Gasteiger partial charge is 0.381 e. The lowest BCUT2D eigenvalue weighted by Crippen LogP contribution is -2.39. The van der Waals surface area contributed by atoms with E-state index in [0.717, 1.165) is 73.6 Å². The Bertz CT molecular complexity index is 1550. The average Bonchev–Trinajstić information content (AvgIpc) is 3.61. The molecule has 3 aromatic heterocycles. The zero-order chi connectivity index (χ0) is 29.3. The van der Waals surface area contributed by atoms with E-state index in [1.54, 1.807) is 17.1 Å². The highest BCUT2D eigenvalue weighted by atomic mass is 16.5. The molecule has 1 aromatic carbocycles. The van der Waals surface area contributed by atoms with Crippen molar-refractivity contribution in [3.63, 3.8) is 0 Å². The summed E-state index contributed by atoms with van der Waals surface area (Å²) >= 11 is 0. The highest BCUT2D eigenvalue weighted by Gasteiger charge is 2.31. The summed E-state index contributed by atoms with van der Waals surface area (Å²) in [5.74, 6) is 0.652. The standard InChI is InChI=1S/C30H37N9O3/c1-30(2,3)28-36-26(37-42-28)27(40)34-25-8-12-39(22-9-13-41-14-10-22)17-20-15-19(5-6-23(20)25)24-7-11-31-29(35-24)33-21-16-32-38(4)18-21/h5-7,11,15-16,18,22,25H,8-10,12-14,17H2,1-4H3,(H,34,40)(H,31,33,35). The number of hydrogen-bond acceptors (Lipinski definition) is 10. The fourth-order valence-electron chi connectivity index (χ4n) is 5.54. The highest BCUT2D eigenvalue weighted by Crippen LogP contribution is 2.33. The normalized spacial score (nSPS) is 18.3. The maximum atomic E-state index is 13.3. The number of fused-ring (bicyclic) bond motifs is 1. The molecular weight excluding hydrogens is 534 g/mol. The SMILES string of the molecule is Cn1cc(Nc2nccc(-c3ccc4c(c3)CN(C3CCOCC3)CCC4NC(=O)c3noc(C(C)(C)C)n3)n2)cn1. The van der Waals surface area contributed by atoms with Gasteiger partial charge < -0.3 is 19.9 Å². The van der Waals surface area contributed by atoms with Crippen LogP contribution in [0.15, 0.2) is 47.4 Å². The van der Waals surface area contributed by atoms with Crippen LogP contribution in [0.1, 0.15) is 73.7 Å². The molecule has 1 fully saturated rings. The first-order chi connectivity index (χ1) is 20.2. The van der Waals surface area contributed by atoms with Crippen LogP contribution in [0.2, 0.25) is 0 Å². The van der Waals surface area contributed by atoms with Crippen LogP contribution in [0.4, 0.5) is 11.6 Å². The van der Waals surface area contributed by atoms with Gasteiger partial charge in [0.15, 0.2) is 0 Å². The van der Waals surface area contributed by atoms with Crippen LogP contribution in [-0.4, -0.2) is 66.5 Å². The lowest BCUT2D eigenvalue weighted by Gasteiger charge is -2.33. The maximum absolute atomic E-state index is 13.3. The van der Waals surface area contributed by atoms with Crippen molar-refractivity contribution in [3.05, 3.63) is 65.7 Å². The van der Waals surface area contributed by atoms with Crippen LogP contribution in [0.3, 0.4) is 0 Å². The van der Waals surface area contributed by atoms with Crippen molar-refractivity contribution < 1.29 is 14.1 Å². The Morgan fingerprint density at radius 1 is 1.10 bits per heavy atom. The van der Waals surface area contributed by atoms with Gasteiger partial charge in [-0.15, -0.1) is 0 Å². The number of benzene rings is 1. The van der Waals surface area contributed by atoms with Gasteiger partial charge in [0, 0.05) is 62.8 Å². The molecule has 1 atom stereocenters. The summed E-state index contributed by atoms with van der Waals surface area (Å²) in [6, 6.07) is 8.50. The molecule has 220 valence electrons. The second kappa shape index (κ2) is 11.6. The van der Waals surface area contributed by atoms with E-state index in [9.17, 15) is 4.79 Å². The third kappa shape index (κ3) is 6.19. The van der Waals surface area contributed by atoms with Gasteiger partial charge >= 0.3 is 0 Å². The van der Waals surface area contributed by atoms with Gasteiger partial charge in [-0.05, 0) is 42.5 Å². The molecule has 0 saturated carbocycles. The molecular formula is C30H37N9O3. The number of nitrogens with zero attached hydrogens (tertiary/aromatic N) is 7. The lowest BCUT2D eigenvalue weighted by atomic mass is 9.96. The third-order valence-corrected chi connectivity index (χ3v) is 7.79. The number of rotatable bonds is 6.